The fraction of sp³-hybridized carbons (Fsp3) is 0.450. The highest BCUT2D eigenvalue weighted by atomic mass is 32.2. The lowest BCUT2D eigenvalue weighted by Crippen LogP contribution is -2.49. The Bertz CT molecular complexity index is 1030. The van der Waals surface area contributed by atoms with Gasteiger partial charge in [-0.1, -0.05) is 20.8 Å². The maximum Gasteiger partial charge on any atom is 0.241 e. The molecule has 1 amide bonds. The molecule has 1 heterocycles. The molecule has 2 aromatic rings. The molecule has 1 N–H and O–H groups in total. The van der Waals surface area contributed by atoms with E-state index in [1.54, 1.807) is 13.1 Å². The van der Waals surface area contributed by atoms with Crippen LogP contribution in [0.1, 0.15) is 50.8 Å². The predicted octanol–water partition coefficient (Wildman–Crippen LogP) is 2.41. The molecule has 158 valence electrons. The van der Waals surface area contributed by atoms with Gasteiger partial charge in [-0.05, 0) is 44.2 Å². The number of nitrogens with one attached hydrogen (secondary N) is 1. The summed E-state index contributed by atoms with van der Waals surface area (Å²) in [5, 5.41) is 6.72. The summed E-state index contributed by atoms with van der Waals surface area (Å²) in [4.78, 5) is 25.0. The molecule has 1 aromatic carbocycles. The van der Waals surface area contributed by atoms with Crippen LogP contribution in [-0.2, 0) is 27.1 Å². The Labute approximate surface area is 170 Å². The van der Waals surface area contributed by atoms with Gasteiger partial charge in [0.1, 0.15) is 16.3 Å². The molecule has 0 saturated heterocycles. The van der Waals surface area contributed by atoms with Gasteiger partial charge in [0.2, 0.25) is 5.91 Å². The molecule has 1 aromatic heterocycles. The number of sulfone groups is 1. The van der Waals surface area contributed by atoms with Crippen molar-refractivity contribution >= 4 is 21.5 Å². The molecule has 0 fully saturated rings. The van der Waals surface area contributed by atoms with Crippen molar-refractivity contribution in [1.29, 1.82) is 0 Å². The maximum atomic E-state index is 13.1. The quantitative estimate of drug-likeness (QED) is 0.568. The average molecular weight is 424 g/mol. The molecular weight excluding hydrogens is 397 g/mol. The van der Waals surface area contributed by atoms with Crippen molar-refractivity contribution in [2.75, 3.05) is 6.54 Å². The first-order valence-corrected chi connectivity index (χ1v) is 10.5. The number of carbonyl (C=O) groups excluding carboxylic acids is 2. The van der Waals surface area contributed by atoms with E-state index in [0.717, 1.165) is 30.0 Å². The number of benzene rings is 1. The van der Waals surface area contributed by atoms with E-state index in [0.29, 0.717) is 5.69 Å². The van der Waals surface area contributed by atoms with Gasteiger partial charge in [0.15, 0.2) is 15.6 Å². The second-order valence-electron chi connectivity index (χ2n) is 8.36. The number of hydrogen-bond donors (Lipinski definition) is 1. The van der Waals surface area contributed by atoms with Gasteiger partial charge in [0, 0.05) is 12.5 Å². The Balaban J connectivity index is 2.16. The van der Waals surface area contributed by atoms with Crippen LogP contribution in [0.3, 0.4) is 0 Å². The van der Waals surface area contributed by atoms with Crippen molar-refractivity contribution in [3.05, 3.63) is 47.5 Å². The van der Waals surface area contributed by atoms with Crippen molar-refractivity contribution < 1.29 is 22.4 Å². The molecule has 0 radical (unpaired) electrons. The van der Waals surface area contributed by atoms with Gasteiger partial charge >= 0.3 is 0 Å². The largest absolute Gasteiger partial charge is 0.347 e. The SMILES string of the molecule is Cn1nc(C(C)(C)C)cc1C(=O)CNC(=O)C(C)(C)S(=O)(=O)c1ccc(F)cc1. The lowest BCUT2D eigenvalue weighted by atomic mass is 9.92. The van der Waals surface area contributed by atoms with Gasteiger partial charge in [-0.15, -0.1) is 0 Å². The number of Topliss-reactive ketones (excluding diaryl/α,β-unsaturated/α-hetero) is 1. The van der Waals surface area contributed by atoms with Gasteiger partial charge in [-0.3, -0.25) is 14.3 Å². The highest BCUT2D eigenvalue weighted by molar-refractivity contribution is 7.93. The molecule has 7 nitrogen and oxygen atoms in total. The fourth-order valence-electron chi connectivity index (χ4n) is 2.59. The topological polar surface area (TPSA) is 98.1 Å². The van der Waals surface area contributed by atoms with E-state index in [1.807, 2.05) is 20.8 Å². The molecule has 0 bridgehead atoms. The van der Waals surface area contributed by atoms with E-state index in [4.69, 9.17) is 0 Å². The lowest BCUT2D eigenvalue weighted by molar-refractivity contribution is -0.122. The van der Waals surface area contributed by atoms with Crippen LogP contribution in [0.25, 0.3) is 0 Å². The molecule has 0 saturated carbocycles. The monoisotopic (exact) mass is 423 g/mol. The number of hydrogen-bond acceptors (Lipinski definition) is 5. The first-order chi connectivity index (χ1) is 13.2. The molecule has 0 spiro atoms. The van der Waals surface area contributed by atoms with Gasteiger partial charge in [0.25, 0.3) is 0 Å². The van der Waals surface area contributed by atoms with Crippen molar-refractivity contribution in [1.82, 2.24) is 15.1 Å². The minimum absolute atomic E-state index is 0.174. The Kier molecular flexibility index (Phi) is 6.04. The molecule has 0 aliphatic heterocycles. The number of carbonyl (C=O) groups is 2. The Morgan fingerprint density at radius 2 is 1.66 bits per heavy atom. The molecule has 0 atom stereocenters. The Morgan fingerprint density at radius 1 is 1.10 bits per heavy atom. The Morgan fingerprint density at radius 3 is 2.14 bits per heavy atom. The molecule has 0 aliphatic carbocycles. The maximum absolute atomic E-state index is 13.1. The van der Waals surface area contributed by atoms with E-state index < -0.39 is 26.3 Å². The van der Waals surface area contributed by atoms with E-state index in [2.05, 4.69) is 10.4 Å². The number of ketones is 1. The minimum atomic E-state index is -4.10. The number of halogens is 1. The highest BCUT2D eigenvalue weighted by Crippen LogP contribution is 2.26. The normalized spacial score (nSPS) is 12.7. The zero-order chi connectivity index (χ0) is 22.2. The standard InChI is InChI=1S/C20H26FN3O4S/c1-19(2,3)17-11-15(24(6)23-17)16(25)12-22-18(26)20(4,5)29(27,28)14-9-7-13(21)8-10-14/h7-11H,12H2,1-6H3,(H,22,26). The van der Waals surface area contributed by atoms with Gasteiger partial charge in [-0.2, -0.15) is 5.10 Å². The lowest BCUT2D eigenvalue weighted by Gasteiger charge is -2.23. The smallest absolute Gasteiger partial charge is 0.241 e. The number of rotatable bonds is 6. The third-order valence-electron chi connectivity index (χ3n) is 4.69. The third kappa shape index (κ3) is 4.55. The van der Waals surface area contributed by atoms with E-state index in [9.17, 15) is 22.4 Å². The molecule has 0 unspecified atom stereocenters. The van der Waals surface area contributed by atoms with Crippen LogP contribution in [0.5, 0.6) is 0 Å². The van der Waals surface area contributed by atoms with Crippen LogP contribution in [0, 0.1) is 5.82 Å². The molecular formula is C20H26FN3O4S. The molecule has 9 heteroatoms. The summed E-state index contributed by atoms with van der Waals surface area (Å²) >= 11 is 0. The number of aromatic nitrogens is 2. The van der Waals surface area contributed by atoms with E-state index in [1.165, 1.54) is 18.5 Å². The van der Waals surface area contributed by atoms with Crippen molar-refractivity contribution in [2.24, 2.45) is 7.05 Å². The van der Waals surface area contributed by atoms with Crippen LogP contribution in [-0.4, -0.2) is 41.2 Å². The summed E-state index contributed by atoms with van der Waals surface area (Å²) in [7, 11) is -2.47. The van der Waals surface area contributed by atoms with Crippen LogP contribution < -0.4 is 5.32 Å². The molecule has 29 heavy (non-hydrogen) atoms. The molecule has 0 aliphatic rings. The van der Waals surface area contributed by atoms with Crippen molar-refractivity contribution in [3.8, 4) is 0 Å². The minimum Gasteiger partial charge on any atom is -0.347 e. The van der Waals surface area contributed by atoms with E-state index >= 15 is 0 Å². The first kappa shape index (κ1) is 22.7. The average Bonchev–Trinajstić information content (AvgIpc) is 3.01. The number of amides is 1. The van der Waals surface area contributed by atoms with Crippen molar-refractivity contribution in [3.63, 3.8) is 0 Å². The van der Waals surface area contributed by atoms with Gasteiger partial charge in [0.05, 0.1) is 17.1 Å². The van der Waals surface area contributed by atoms with Crippen LogP contribution in [0.4, 0.5) is 4.39 Å². The zero-order valence-corrected chi connectivity index (χ0v) is 18.2. The Hall–Kier alpha value is -2.55. The second kappa shape index (κ2) is 7.70. The van der Waals surface area contributed by atoms with Crippen molar-refractivity contribution in [2.45, 2.75) is 49.7 Å². The van der Waals surface area contributed by atoms with Crippen LogP contribution in [0.2, 0.25) is 0 Å². The van der Waals surface area contributed by atoms with Crippen LogP contribution >= 0.6 is 0 Å². The fourth-order valence-corrected chi connectivity index (χ4v) is 3.99. The summed E-state index contributed by atoms with van der Waals surface area (Å²) in [6, 6.07) is 5.90. The first-order valence-electron chi connectivity index (χ1n) is 9.04. The summed E-state index contributed by atoms with van der Waals surface area (Å²) in [5.74, 6) is -1.80. The van der Waals surface area contributed by atoms with Gasteiger partial charge in [-0.25, -0.2) is 12.8 Å². The number of nitrogens with zero attached hydrogens (tertiary/aromatic N) is 2. The summed E-state index contributed by atoms with van der Waals surface area (Å²) < 4.78 is 38.3. The summed E-state index contributed by atoms with van der Waals surface area (Å²) in [6.45, 7) is 8.02. The third-order valence-corrected chi connectivity index (χ3v) is 7.11. The van der Waals surface area contributed by atoms with Crippen LogP contribution in [0.15, 0.2) is 35.2 Å². The summed E-state index contributed by atoms with van der Waals surface area (Å²) in [6.07, 6.45) is 0. The second-order valence-corrected chi connectivity index (χ2v) is 10.9. The summed E-state index contributed by atoms with van der Waals surface area (Å²) in [5.41, 5.74) is 0.799. The highest BCUT2D eigenvalue weighted by Gasteiger charge is 2.43. The molecule has 2 rings (SSSR count). The van der Waals surface area contributed by atoms with Gasteiger partial charge < -0.3 is 5.32 Å². The zero-order valence-electron chi connectivity index (χ0n) is 17.4. The van der Waals surface area contributed by atoms with E-state index in [-0.39, 0.29) is 22.6 Å². The number of aryl methyl sites for hydroxylation is 1. The predicted molar refractivity (Wildman–Crippen MR) is 107 cm³/mol.